The summed E-state index contributed by atoms with van der Waals surface area (Å²) in [5.41, 5.74) is 2.23. The summed E-state index contributed by atoms with van der Waals surface area (Å²) in [6.07, 6.45) is 3.63. The number of carboxylic acid groups (broad SMARTS) is 1. The highest BCUT2D eigenvalue weighted by molar-refractivity contribution is 5.80. The molecule has 0 saturated heterocycles. The maximum atomic E-state index is 12.0. The number of aryl methyl sites for hydroxylation is 1. The largest absolute Gasteiger partial charge is 0.481 e. The lowest BCUT2D eigenvalue weighted by molar-refractivity contribution is -0.138. The molecule has 2 N–H and O–H groups in total. The molecule has 1 heterocycles. The smallest absolute Gasteiger partial charge is 0.303 e. The number of aromatic nitrogens is 1. The Morgan fingerprint density at radius 1 is 1.24 bits per heavy atom. The number of nitrogens with zero attached hydrogens (tertiary/aromatic N) is 1. The quantitative estimate of drug-likeness (QED) is 0.821. The van der Waals surface area contributed by atoms with Gasteiger partial charge in [0.1, 0.15) is 0 Å². The highest BCUT2D eigenvalue weighted by atomic mass is 16.4. The Bertz CT molecular complexity index is 633. The van der Waals surface area contributed by atoms with Gasteiger partial charge in [-0.3, -0.25) is 9.59 Å². The van der Waals surface area contributed by atoms with E-state index >= 15 is 0 Å². The van der Waals surface area contributed by atoms with Crippen molar-refractivity contribution < 1.29 is 14.7 Å². The van der Waals surface area contributed by atoms with Gasteiger partial charge >= 0.3 is 5.97 Å². The van der Waals surface area contributed by atoms with E-state index in [9.17, 15) is 9.59 Å². The number of carboxylic acids is 1. The molecule has 0 bridgehead atoms. The van der Waals surface area contributed by atoms with E-state index in [-0.39, 0.29) is 12.3 Å². The average molecular weight is 288 g/mol. The second-order valence-corrected chi connectivity index (χ2v) is 5.21. The zero-order chi connectivity index (χ0) is 15.2. The molecule has 5 nitrogen and oxygen atoms in total. The maximum absolute atomic E-state index is 12.0. The minimum Gasteiger partial charge on any atom is -0.481 e. The summed E-state index contributed by atoms with van der Waals surface area (Å²) < 4.78 is 0. The summed E-state index contributed by atoms with van der Waals surface area (Å²) in [6.45, 7) is 0.488. The zero-order valence-corrected chi connectivity index (χ0v) is 12.1. The number of nitrogens with one attached hydrogen (secondary N) is 1. The number of carbonyl (C=O) groups is 2. The molecule has 1 aromatic heterocycles. The summed E-state index contributed by atoms with van der Waals surface area (Å²) in [6, 6.07) is 8.14. The van der Waals surface area contributed by atoms with Gasteiger partial charge in [0.2, 0.25) is 5.91 Å². The van der Waals surface area contributed by atoms with E-state index in [0.717, 1.165) is 16.5 Å². The lowest BCUT2D eigenvalue weighted by atomic mass is 10.1. The number of aromatic amines is 1. The van der Waals surface area contributed by atoms with Crippen LogP contribution in [0.4, 0.5) is 0 Å². The van der Waals surface area contributed by atoms with Crippen molar-refractivity contribution in [1.82, 2.24) is 9.88 Å². The van der Waals surface area contributed by atoms with Crippen LogP contribution in [0.25, 0.3) is 10.9 Å². The van der Waals surface area contributed by atoms with E-state index in [1.807, 2.05) is 24.4 Å². The second-order valence-electron chi connectivity index (χ2n) is 5.21. The number of H-pyrrole nitrogens is 1. The fraction of sp³-hybridized carbons (Fsp3) is 0.375. The van der Waals surface area contributed by atoms with Crippen molar-refractivity contribution >= 4 is 22.8 Å². The van der Waals surface area contributed by atoms with Gasteiger partial charge < -0.3 is 15.0 Å². The molecule has 2 rings (SSSR count). The van der Waals surface area contributed by atoms with E-state index in [2.05, 4.69) is 11.1 Å². The summed E-state index contributed by atoms with van der Waals surface area (Å²) >= 11 is 0. The molecule has 0 aliphatic heterocycles. The molecule has 0 aliphatic carbocycles. The van der Waals surface area contributed by atoms with E-state index in [1.54, 1.807) is 11.9 Å². The molecule has 0 unspecified atom stereocenters. The van der Waals surface area contributed by atoms with Crippen LogP contribution in [0.2, 0.25) is 0 Å². The van der Waals surface area contributed by atoms with E-state index < -0.39 is 5.97 Å². The number of fused-ring (bicyclic) bond motifs is 1. The van der Waals surface area contributed by atoms with Gasteiger partial charge in [-0.15, -0.1) is 0 Å². The highest BCUT2D eigenvalue weighted by Crippen LogP contribution is 2.15. The first-order chi connectivity index (χ1) is 10.1. The predicted octanol–water partition coefficient (Wildman–Crippen LogP) is 2.42. The van der Waals surface area contributed by atoms with Crippen LogP contribution in [0.5, 0.6) is 0 Å². The molecule has 0 spiro atoms. The number of aliphatic carboxylic acids is 1. The molecule has 2 aromatic rings. The number of rotatable bonds is 7. The van der Waals surface area contributed by atoms with Crippen LogP contribution in [0, 0.1) is 0 Å². The summed E-state index contributed by atoms with van der Waals surface area (Å²) in [5.74, 6) is -0.773. The maximum Gasteiger partial charge on any atom is 0.303 e. The fourth-order valence-electron chi connectivity index (χ4n) is 2.29. The van der Waals surface area contributed by atoms with Crippen LogP contribution >= 0.6 is 0 Å². The van der Waals surface area contributed by atoms with Crippen molar-refractivity contribution in [2.45, 2.75) is 25.7 Å². The first-order valence-electron chi connectivity index (χ1n) is 7.08. The summed E-state index contributed by atoms with van der Waals surface area (Å²) in [4.78, 5) is 27.2. The monoisotopic (exact) mass is 288 g/mol. The molecule has 0 fully saturated rings. The van der Waals surface area contributed by atoms with Crippen molar-refractivity contribution in [2.24, 2.45) is 0 Å². The van der Waals surface area contributed by atoms with Crippen LogP contribution in [0.15, 0.2) is 30.5 Å². The fourth-order valence-corrected chi connectivity index (χ4v) is 2.29. The third-order valence-corrected chi connectivity index (χ3v) is 3.56. The summed E-state index contributed by atoms with van der Waals surface area (Å²) in [7, 11) is 1.72. The van der Waals surface area contributed by atoms with E-state index in [4.69, 9.17) is 5.11 Å². The van der Waals surface area contributed by atoms with Crippen molar-refractivity contribution in [2.75, 3.05) is 13.6 Å². The summed E-state index contributed by atoms with van der Waals surface area (Å²) in [5, 5.41) is 9.73. The van der Waals surface area contributed by atoms with Gasteiger partial charge in [0.15, 0.2) is 0 Å². The minimum absolute atomic E-state index is 0.0505. The Labute approximate surface area is 123 Å². The van der Waals surface area contributed by atoms with E-state index in [0.29, 0.717) is 25.8 Å². The molecule has 0 atom stereocenters. The molecular weight excluding hydrogens is 268 g/mol. The molecule has 0 radical (unpaired) electrons. The van der Waals surface area contributed by atoms with Gasteiger partial charge in [0, 0.05) is 38.1 Å². The Morgan fingerprint density at radius 3 is 2.81 bits per heavy atom. The normalized spacial score (nSPS) is 10.7. The minimum atomic E-state index is -0.823. The molecule has 5 heteroatoms. The van der Waals surface area contributed by atoms with Gasteiger partial charge in [-0.05, 0) is 42.0 Å². The van der Waals surface area contributed by atoms with Crippen molar-refractivity contribution in [3.8, 4) is 0 Å². The Morgan fingerprint density at radius 2 is 2.05 bits per heavy atom. The number of amides is 1. The van der Waals surface area contributed by atoms with Crippen LogP contribution in [0.1, 0.15) is 24.8 Å². The van der Waals surface area contributed by atoms with Crippen LogP contribution in [-0.4, -0.2) is 40.5 Å². The van der Waals surface area contributed by atoms with Crippen molar-refractivity contribution in [3.05, 3.63) is 36.0 Å². The Kier molecular flexibility index (Phi) is 4.98. The third kappa shape index (κ3) is 4.34. The second kappa shape index (κ2) is 6.92. The van der Waals surface area contributed by atoms with Crippen molar-refractivity contribution in [3.63, 3.8) is 0 Å². The average Bonchev–Trinajstić information content (AvgIpc) is 2.91. The predicted molar refractivity (Wildman–Crippen MR) is 81.1 cm³/mol. The van der Waals surface area contributed by atoms with E-state index in [1.165, 1.54) is 0 Å². The van der Waals surface area contributed by atoms with Crippen LogP contribution < -0.4 is 0 Å². The molecule has 0 saturated carbocycles. The lowest BCUT2D eigenvalue weighted by Gasteiger charge is -2.16. The molecule has 112 valence electrons. The lowest BCUT2D eigenvalue weighted by Crippen LogP contribution is -2.28. The molecule has 1 aromatic carbocycles. The first kappa shape index (κ1) is 15.1. The van der Waals surface area contributed by atoms with Crippen molar-refractivity contribution in [1.29, 1.82) is 0 Å². The SMILES string of the molecule is CN(CCCC(=O)O)C(=O)CCc1ccc2[nH]ccc2c1. The highest BCUT2D eigenvalue weighted by Gasteiger charge is 2.09. The number of carbonyl (C=O) groups excluding carboxylic acids is 1. The molecule has 1 amide bonds. The van der Waals surface area contributed by atoms with Gasteiger partial charge in [0.05, 0.1) is 0 Å². The van der Waals surface area contributed by atoms with Gasteiger partial charge in [-0.1, -0.05) is 6.07 Å². The van der Waals surface area contributed by atoms with Gasteiger partial charge in [0.25, 0.3) is 0 Å². The van der Waals surface area contributed by atoms with Crippen LogP contribution in [-0.2, 0) is 16.0 Å². The third-order valence-electron chi connectivity index (χ3n) is 3.56. The first-order valence-corrected chi connectivity index (χ1v) is 7.08. The number of benzene rings is 1. The van der Waals surface area contributed by atoms with Gasteiger partial charge in [-0.25, -0.2) is 0 Å². The Balaban J connectivity index is 1.81. The molecule has 0 aliphatic rings. The molecule has 21 heavy (non-hydrogen) atoms. The van der Waals surface area contributed by atoms with Crippen LogP contribution in [0.3, 0.4) is 0 Å². The van der Waals surface area contributed by atoms with Gasteiger partial charge in [-0.2, -0.15) is 0 Å². The zero-order valence-electron chi connectivity index (χ0n) is 12.1. The standard InChI is InChI=1S/C16H20N2O3/c1-18(10-2-3-16(20)21)15(19)7-5-12-4-6-14-13(11-12)8-9-17-14/h4,6,8-9,11,17H,2-3,5,7,10H2,1H3,(H,20,21). The molecular formula is C16H20N2O3. The number of hydrogen-bond acceptors (Lipinski definition) is 2. The Hall–Kier alpha value is -2.30. The number of hydrogen-bond donors (Lipinski definition) is 2. The topological polar surface area (TPSA) is 73.4 Å².